The molecule has 20 heavy (non-hydrogen) atoms. The molecule has 1 heterocycles. The SMILES string of the molecule is Cl.NCCC1CCCN(Cc2ccc3c(c2)CCC3)C1. The molecule has 0 spiro atoms. The summed E-state index contributed by atoms with van der Waals surface area (Å²) >= 11 is 0. The van der Waals surface area contributed by atoms with E-state index in [4.69, 9.17) is 5.73 Å². The number of nitrogens with zero attached hydrogens (tertiary/aromatic N) is 1. The van der Waals surface area contributed by atoms with Gasteiger partial charge in [-0.15, -0.1) is 12.4 Å². The van der Waals surface area contributed by atoms with E-state index < -0.39 is 0 Å². The highest BCUT2D eigenvalue weighted by Crippen LogP contribution is 2.25. The molecule has 1 unspecified atom stereocenters. The Morgan fingerprint density at radius 1 is 1.15 bits per heavy atom. The molecular weight excluding hydrogens is 268 g/mol. The maximum atomic E-state index is 5.70. The van der Waals surface area contributed by atoms with Crippen LogP contribution in [0.1, 0.15) is 42.4 Å². The first-order valence-corrected chi connectivity index (χ1v) is 7.88. The van der Waals surface area contributed by atoms with E-state index in [9.17, 15) is 0 Å². The highest BCUT2D eigenvalue weighted by atomic mass is 35.5. The van der Waals surface area contributed by atoms with Crippen LogP contribution < -0.4 is 5.73 Å². The Balaban J connectivity index is 0.00000147. The van der Waals surface area contributed by atoms with Gasteiger partial charge in [-0.25, -0.2) is 0 Å². The molecule has 2 aliphatic rings. The number of likely N-dealkylation sites (tertiary alicyclic amines) is 1. The first kappa shape index (κ1) is 15.8. The van der Waals surface area contributed by atoms with E-state index >= 15 is 0 Å². The van der Waals surface area contributed by atoms with Gasteiger partial charge < -0.3 is 5.73 Å². The Kier molecular flexibility index (Phi) is 5.88. The minimum atomic E-state index is 0. The van der Waals surface area contributed by atoms with Crippen LogP contribution in [0, 0.1) is 5.92 Å². The normalized spacial score (nSPS) is 22.4. The molecule has 1 atom stereocenters. The van der Waals surface area contributed by atoms with Gasteiger partial charge in [0.25, 0.3) is 0 Å². The number of piperidine rings is 1. The molecule has 0 saturated carbocycles. The predicted molar refractivity (Wildman–Crippen MR) is 87.4 cm³/mol. The maximum absolute atomic E-state index is 5.70. The molecule has 0 amide bonds. The van der Waals surface area contributed by atoms with Crippen LogP contribution in [0.25, 0.3) is 0 Å². The summed E-state index contributed by atoms with van der Waals surface area (Å²) in [6.45, 7) is 4.48. The molecule has 112 valence electrons. The first-order chi connectivity index (χ1) is 9.35. The maximum Gasteiger partial charge on any atom is 0.0233 e. The van der Waals surface area contributed by atoms with Gasteiger partial charge in [-0.05, 0) is 74.2 Å². The fraction of sp³-hybridized carbons (Fsp3) is 0.647. The third-order valence-corrected chi connectivity index (χ3v) is 4.75. The number of halogens is 1. The number of rotatable bonds is 4. The van der Waals surface area contributed by atoms with Gasteiger partial charge in [0.05, 0.1) is 0 Å². The average molecular weight is 295 g/mol. The van der Waals surface area contributed by atoms with Gasteiger partial charge in [0.15, 0.2) is 0 Å². The molecule has 1 aliphatic carbocycles. The lowest BCUT2D eigenvalue weighted by molar-refractivity contribution is 0.163. The van der Waals surface area contributed by atoms with Crippen molar-refractivity contribution >= 4 is 12.4 Å². The number of nitrogens with two attached hydrogens (primary N) is 1. The van der Waals surface area contributed by atoms with Crippen molar-refractivity contribution in [1.82, 2.24) is 4.90 Å². The number of aryl methyl sites for hydroxylation is 2. The van der Waals surface area contributed by atoms with E-state index in [0.717, 1.165) is 19.0 Å². The lowest BCUT2D eigenvalue weighted by atomic mass is 9.94. The first-order valence-electron chi connectivity index (χ1n) is 7.88. The predicted octanol–water partition coefficient (Wildman–Crippen LogP) is 3.16. The van der Waals surface area contributed by atoms with E-state index in [1.54, 1.807) is 11.1 Å². The van der Waals surface area contributed by atoms with Gasteiger partial charge in [-0.2, -0.15) is 0 Å². The molecule has 1 saturated heterocycles. The Bertz CT molecular complexity index is 431. The number of hydrogen-bond acceptors (Lipinski definition) is 2. The summed E-state index contributed by atoms with van der Waals surface area (Å²) < 4.78 is 0. The monoisotopic (exact) mass is 294 g/mol. The molecule has 1 aliphatic heterocycles. The number of fused-ring (bicyclic) bond motifs is 1. The van der Waals surface area contributed by atoms with E-state index in [1.165, 1.54) is 57.2 Å². The Hall–Kier alpha value is -0.570. The fourth-order valence-corrected chi connectivity index (χ4v) is 3.75. The molecule has 1 aromatic rings. The molecule has 3 heteroatoms. The van der Waals surface area contributed by atoms with Crippen molar-refractivity contribution in [3.63, 3.8) is 0 Å². The summed E-state index contributed by atoms with van der Waals surface area (Å²) in [4.78, 5) is 2.63. The van der Waals surface area contributed by atoms with Crippen molar-refractivity contribution < 1.29 is 0 Å². The summed E-state index contributed by atoms with van der Waals surface area (Å²) in [6.07, 6.45) is 7.84. The van der Waals surface area contributed by atoms with E-state index in [2.05, 4.69) is 23.1 Å². The van der Waals surface area contributed by atoms with Crippen molar-refractivity contribution in [1.29, 1.82) is 0 Å². The number of benzene rings is 1. The largest absolute Gasteiger partial charge is 0.330 e. The summed E-state index contributed by atoms with van der Waals surface area (Å²) in [6, 6.07) is 7.16. The van der Waals surface area contributed by atoms with E-state index in [1.807, 2.05) is 0 Å². The van der Waals surface area contributed by atoms with Crippen LogP contribution in [0.15, 0.2) is 18.2 Å². The molecule has 0 bridgehead atoms. The molecule has 3 rings (SSSR count). The minimum absolute atomic E-state index is 0. The quantitative estimate of drug-likeness (QED) is 0.924. The van der Waals surface area contributed by atoms with Gasteiger partial charge in [-0.1, -0.05) is 18.2 Å². The molecule has 1 aromatic carbocycles. The molecule has 2 nitrogen and oxygen atoms in total. The van der Waals surface area contributed by atoms with Crippen molar-refractivity contribution in [2.75, 3.05) is 19.6 Å². The third kappa shape index (κ3) is 3.75. The van der Waals surface area contributed by atoms with Crippen molar-refractivity contribution in [2.45, 2.75) is 45.1 Å². The highest BCUT2D eigenvalue weighted by molar-refractivity contribution is 5.85. The average Bonchev–Trinajstić information content (AvgIpc) is 2.87. The second kappa shape index (κ2) is 7.44. The Morgan fingerprint density at radius 2 is 2.00 bits per heavy atom. The lowest BCUT2D eigenvalue weighted by Gasteiger charge is -2.32. The zero-order valence-electron chi connectivity index (χ0n) is 12.3. The topological polar surface area (TPSA) is 29.3 Å². The third-order valence-electron chi connectivity index (χ3n) is 4.75. The second-order valence-corrected chi connectivity index (χ2v) is 6.28. The molecular formula is C17H27ClN2. The smallest absolute Gasteiger partial charge is 0.0233 e. The van der Waals surface area contributed by atoms with E-state index in [-0.39, 0.29) is 12.4 Å². The summed E-state index contributed by atoms with van der Waals surface area (Å²) in [5.74, 6) is 0.827. The van der Waals surface area contributed by atoms with Gasteiger partial charge in [0.2, 0.25) is 0 Å². The van der Waals surface area contributed by atoms with Crippen LogP contribution in [0.3, 0.4) is 0 Å². The van der Waals surface area contributed by atoms with Gasteiger partial charge >= 0.3 is 0 Å². The zero-order chi connectivity index (χ0) is 13.1. The zero-order valence-corrected chi connectivity index (χ0v) is 13.1. The number of hydrogen-bond donors (Lipinski definition) is 1. The second-order valence-electron chi connectivity index (χ2n) is 6.28. The minimum Gasteiger partial charge on any atom is -0.330 e. The Morgan fingerprint density at radius 3 is 2.85 bits per heavy atom. The molecule has 0 aromatic heterocycles. The van der Waals surface area contributed by atoms with Gasteiger partial charge in [0.1, 0.15) is 0 Å². The van der Waals surface area contributed by atoms with Crippen LogP contribution in [-0.2, 0) is 19.4 Å². The molecule has 1 fully saturated rings. The lowest BCUT2D eigenvalue weighted by Crippen LogP contribution is -2.35. The van der Waals surface area contributed by atoms with Gasteiger partial charge in [0, 0.05) is 13.1 Å². The Labute approximate surface area is 129 Å². The fourth-order valence-electron chi connectivity index (χ4n) is 3.75. The van der Waals surface area contributed by atoms with Crippen molar-refractivity contribution in [3.8, 4) is 0 Å². The van der Waals surface area contributed by atoms with E-state index in [0.29, 0.717) is 0 Å². The summed E-state index contributed by atoms with van der Waals surface area (Å²) in [7, 11) is 0. The summed E-state index contributed by atoms with van der Waals surface area (Å²) in [5.41, 5.74) is 10.4. The van der Waals surface area contributed by atoms with Crippen molar-refractivity contribution in [2.24, 2.45) is 11.7 Å². The molecule has 2 N–H and O–H groups in total. The highest BCUT2D eigenvalue weighted by Gasteiger charge is 2.19. The summed E-state index contributed by atoms with van der Waals surface area (Å²) in [5, 5.41) is 0. The molecule has 0 radical (unpaired) electrons. The standard InChI is InChI=1S/C17H26N2.ClH/c18-9-8-14-3-2-10-19(12-14)13-15-6-7-16-4-1-5-17(16)11-15;/h6-7,11,14H,1-5,8-10,12-13,18H2;1H. The van der Waals surface area contributed by atoms with Crippen LogP contribution in [-0.4, -0.2) is 24.5 Å². The van der Waals surface area contributed by atoms with Gasteiger partial charge in [-0.3, -0.25) is 4.90 Å². The van der Waals surface area contributed by atoms with Crippen LogP contribution in [0.4, 0.5) is 0 Å². The van der Waals surface area contributed by atoms with Crippen LogP contribution in [0.2, 0.25) is 0 Å². The van der Waals surface area contributed by atoms with Crippen LogP contribution >= 0.6 is 12.4 Å². The van der Waals surface area contributed by atoms with Crippen LogP contribution in [0.5, 0.6) is 0 Å². The van der Waals surface area contributed by atoms with Crippen molar-refractivity contribution in [3.05, 3.63) is 34.9 Å².